The van der Waals surface area contributed by atoms with E-state index in [4.69, 9.17) is 0 Å². The van der Waals surface area contributed by atoms with E-state index in [1.807, 2.05) is 40.9 Å². The van der Waals surface area contributed by atoms with Gasteiger partial charge in [-0.05, 0) is 61.9 Å². The van der Waals surface area contributed by atoms with Crippen LogP contribution in [-0.4, -0.2) is 64.3 Å². The summed E-state index contributed by atoms with van der Waals surface area (Å²) < 4.78 is 1.99. The van der Waals surface area contributed by atoms with Gasteiger partial charge >= 0.3 is 0 Å². The molecule has 1 N–H and O–H groups in total. The Hall–Kier alpha value is -2.34. The SMILES string of the molecule is CC(=O)NC[C@H]1[C@H]2C[C@H](CN(C(=O)c3ccc4ccccn34)C2)[C@@H]2CCCCN21. The van der Waals surface area contributed by atoms with Crippen molar-refractivity contribution >= 4 is 17.3 Å². The summed E-state index contributed by atoms with van der Waals surface area (Å²) in [4.78, 5) is 29.8. The first kappa shape index (κ1) is 18.7. The molecule has 2 amide bonds. The van der Waals surface area contributed by atoms with Crippen molar-refractivity contribution in [2.75, 3.05) is 26.2 Å². The smallest absolute Gasteiger partial charge is 0.270 e. The van der Waals surface area contributed by atoms with Gasteiger partial charge in [0.05, 0.1) is 0 Å². The Morgan fingerprint density at radius 1 is 1.10 bits per heavy atom. The molecule has 29 heavy (non-hydrogen) atoms. The minimum absolute atomic E-state index is 0.0316. The number of piperidine rings is 3. The van der Waals surface area contributed by atoms with Gasteiger partial charge in [-0.1, -0.05) is 12.5 Å². The maximum atomic E-state index is 13.5. The van der Waals surface area contributed by atoms with Crippen LogP contribution in [0.25, 0.3) is 5.52 Å². The fourth-order valence-corrected chi connectivity index (χ4v) is 6.00. The minimum Gasteiger partial charge on any atom is -0.355 e. The fourth-order valence-electron chi connectivity index (χ4n) is 6.00. The van der Waals surface area contributed by atoms with Gasteiger partial charge in [-0.3, -0.25) is 14.5 Å². The fraction of sp³-hybridized carbons (Fsp3) is 0.565. The van der Waals surface area contributed by atoms with E-state index >= 15 is 0 Å². The Morgan fingerprint density at radius 2 is 1.97 bits per heavy atom. The summed E-state index contributed by atoms with van der Waals surface area (Å²) in [6.45, 7) is 5.04. The van der Waals surface area contributed by atoms with E-state index in [9.17, 15) is 9.59 Å². The van der Waals surface area contributed by atoms with Crippen molar-refractivity contribution in [3.63, 3.8) is 0 Å². The molecule has 3 aliphatic rings. The predicted octanol–water partition coefficient (Wildman–Crippen LogP) is 2.39. The summed E-state index contributed by atoms with van der Waals surface area (Å²) in [7, 11) is 0. The predicted molar refractivity (Wildman–Crippen MR) is 112 cm³/mol. The molecule has 2 aromatic heterocycles. The van der Waals surface area contributed by atoms with Crippen LogP contribution in [0.15, 0.2) is 36.5 Å². The van der Waals surface area contributed by atoms with Gasteiger partial charge in [0.1, 0.15) is 5.69 Å². The van der Waals surface area contributed by atoms with E-state index < -0.39 is 0 Å². The van der Waals surface area contributed by atoms with Gasteiger partial charge in [0.15, 0.2) is 0 Å². The second kappa shape index (κ2) is 7.48. The number of amides is 2. The number of fused-ring (bicyclic) bond motifs is 5. The topological polar surface area (TPSA) is 57.1 Å². The van der Waals surface area contributed by atoms with Crippen LogP contribution >= 0.6 is 0 Å². The lowest BCUT2D eigenvalue weighted by Crippen LogP contribution is -2.66. The minimum atomic E-state index is 0.0316. The van der Waals surface area contributed by atoms with Crippen molar-refractivity contribution in [2.24, 2.45) is 11.8 Å². The van der Waals surface area contributed by atoms with Crippen molar-refractivity contribution in [2.45, 2.75) is 44.7 Å². The molecule has 0 radical (unpaired) electrons. The average molecular weight is 395 g/mol. The Balaban J connectivity index is 1.41. The van der Waals surface area contributed by atoms with Crippen molar-refractivity contribution in [1.82, 2.24) is 19.5 Å². The molecule has 3 fully saturated rings. The Bertz CT molecular complexity index is 922. The Morgan fingerprint density at radius 3 is 2.83 bits per heavy atom. The van der Waals surface area contributed by atoms with Gasteiger partial charge in [0, 0.05) is 50.4 Å². The number of hydrogen-bond donors (Lipinski definition) is 1. The zero-order valence-electron chi connectivity index (χ0n) is 17.1. The monoisotopic (exact) mass is 394 g/mol. The molecule has 3 aliphatic heterocycles. The molecule has 0 aromatic carbocycles. The number of likely N-dealkylation sites (tertiary alicyclic amines) is 1. The highest BCUT2D eigenvalue weighted by Crippen LogP contribution is 2.41. The van der Waals surface area contributed by atoms with Gasteiger partial charge < -0.3 is 14.6 Å². The normalized spacial score (nSPS) is 29.5. The van der Waals surface area contributed by atoms with Crippen LogP contribution in [0, 0.1) is 11.8 Å². The van der Waals surface area contributed by atoms with Crippen LogP contribution in [0.4, 0.5) is 0 Å². The molecule has 2 aromatic rings. The quantitative estimate of drug-likeness (QED) is 0.870. The third kappa shape index (κ3) is 3.33. The maximum Gasteiger partial charge on any atom is 0.270 e. The van der Waals surface area contributed by atoms with Crippen molar-refractivity contribution in [1.29, 1.82) is 0 Å². The first-order chi connectivity index (χ1) is 14.1. The molecular weight excluding hydrogens is 364 g/mol. The van der Waals surface area contributed by atoms with Gasteiger partial charge in [0.25, 0.3) is 5.91 Å². The molecular formula is C23H30N4O2. The van der Waals surface area contributed by atoms with Gasteiger partial charge in [-0.25, -0.2) is 0 Å². The van der Waals surface area contributed by atoms with Gasteiger partial charge in [-0.15, -0.1) is 0 Å². The van der Waals surface area contributed by atoms with Crippen LogP contribution in [0.2, 0.25) is 0 Å². The van der Waals surface area contributed by atoms with E-state index in [1.54, 1.807) is 6.92 Å². The zero-order valence-corrected chi connectivity index (χ0v) is 17.1. The standard InChI is InChI=1S/C23H30N4O2/c1-16(28)24-13-22-18-12-17(20-7-3-5-11-27(20)22)14-25(15-18)23(29)21-9-8-19-6-2-4-10-26(19)21/h2,4,6,8-10,17-18,20,22H,3,5,7,11-15H2,1H3,(H,24,28)/t17-,18+,20+,22+/m1/s1. The van der Waals surface area contributed by atoms with Crippen LogP contribution in [0.5, 0.6) is 0 Å². The second-order valence-corrected chi connectivity index (χ2v) is 8.99. The lowest BCUT2D eigenvalue weighted by molar-refractivity contribution is -0.120. The number of pyridine rings is 1. The molecule has 0 aliphatic carbocycles. The zero-order chi connectivity index (χ0) is 20.0. The van der Waals surface area contributed by atoms with E-state index in [0.717, 1.165) is 30.8 Å². The van der Waals surface area contributed by atoms with Crippen LogP contribution in [-0.2, 0) is 4.79 Å². The lowest BCUT2D eigenvalue weighted by Gasteiger charge is -2.56. The number of aromatic nitrogens is 1. The molecule has 0 saturated carbocycles. The van der Waals surface area contributed by atoms with Crippen molar-refractivity contribution in [3.05, 3.63) is 42.2 Å². The number of hydrogen-bond acceptors (Lipinski definition) is 3. The number of rotatable bonds is 3. The van der Waals surface area contributed by atoms with Crippen molar-refractivity contribution in [3.8, 4) is 0 Å². The van der Waals surface area contributed by atoms with E-state index in [0.29, 0.717) is 30.5 Å². The molecule has 5 heterocycles. The summed E-state index contributed by atoms with van der Waals surface area (Å²) in [6.07, 6.45) is 6.86. The van der Waals surface area contributed by atoms with E-state index in [1.165, 1.54) is 25.7 Å². The summed E-state index contributed by atoms with van der Waals surface area (Å²) in [5.74, 6) is 1.13. The molecule has 5 rings (SSSR count). The molecule has 3 saturated heterocycles. The Labute approximate surface area is 171 Å². The van der Waals surface area contributed by atoms with E-state index in [-0.39, 0.29) is 11.8 Å². The number of carbonyl (C=O) groups excluding carboxylic acids is 2. The highest BCUT2D eigenvalue weighted by atomic mass is 16.2. The van der Waals surface area contributed by atoms with Crippen LogP contribution in [0.3, 0.4) is 0 Å². The highest BCUT2D eigenvalue weighted by Gasteiger charge is 2.48. The largest absolute Gasteiger partial charge is 0.355 e. The molecule has 6 nitrogen and oxygen atoms in total. The number of nitrogens with zero attached hydrogens (tertiary/aromatic N) is 3. The van der Waals surface area contributed by atoms with Gasteiger partial charge in [0.2, 0.25) is 5.91 Å². The molecule has 154 valence electrons. The third-order valence-electron chi connectivity index (χ3n) is 7.25. The Kier molecular flexibility index (Phi) is 4.82. The second-order valence-electron chi connectivity index (χ2n) is 8.99. The summed E-state index contributed by atoms with van der Waals surface area (Å²) in [6, 6.07) is 10.8. The summed E-state index contributed by atoms with van der Waals surface area (Å²) in [5, 5.41) is 3.06. The van der Waals surface area contributed by atoms with Crippen molar-refractivity contribution < 1.29 is 9.59 Å². The molecule has 0 unspecified atom stereocenters. The lowest BCUT2D eigenvalue weighted by atomic mass is 9.72. The summed E-state index contributed by atoms with van der Waals surface area (Å²) in [5.41, 5.74) is 1.80. The van der Waals surface area contributed by atoms with E-state index in [2.05, 4.69) is 15.1 Å². The highest BCUT2D eigenvalue weighted by molar-refractivity contribution is 5.94. The number of nitrogens with one attached hydrogen (secondary N) is 1. The van der Waals surface area contributed by atoms with Crippen LogP contribution in [0.1, 0.15) is 43.1 Å². The molecule has 4 atom stereocenters. The third-order valence-corrected chi connectivity index (χ3v) is 7.25. The first-order valence-corrected chi connectivity index (χ1v) is 11.0. The maximum absolute atomic E-state index is 13.5. The molecule has 0 spiro atoms. The van der Waals surface area contributed by atoms with Gasteiger partial charge in [-0.2, -0.15) is 0 Å². The summed E-state index contributed by atoms with van der Waals surface area (Å²) >= 11 is 0. The molecule has 6 heteroatoms. The average Bonchev–Trinajstić information content (AvgIpc) is 3.17. The van der Waals surface area contributed by atoms with Crippen LogP contribution < -0.4 is 5.32 Å². The number of carbonyl (C=O) groups is 2. The molecule has 2 bridgehead atoms. The first-order valence-electron chi connectivity index (χ1n) is 11.0.